The Morgan fingerprint density at radius 3 is 2.11 bits per heavy atom. The maximum absolute atomic E-state index is 13.6. The van der Waals surface area contributed by atoms with Crippen LogP contribution in [-0.2, 0) is 32.0 Å². The molecular weight excluding hydrogens is 604 g/mol. The zero-order valence-corrected chi connectivity index (χ0v) is 26.2. The molecule has 1 amide bonds. The Bertz CT molecular complexity index is 1480. The van der Waals surface area contributed by atoms with Crippen LogP contribution in [0.4, 0.5) is 31.1 Å². The van der Waals surface area contributed by atoms with E-state index in [1.54, 1.807) is 26.0 Å². The number of cyclic esters (lactones) is 1. The predicted octanol–water partition coefficient (Wildman–Crippen LogP) is 8.73. The summed E-state index contributed by atoms with van der Waals surface area (Å²) in [6.07, 6.45) is -10.3. The van der Waals surface area contributed by atoms with Crippen LogP contribution in [0.1, 0.15) is 87.8 Å². The minimum atomic E-state index is -5.04. The van der Waals surface area contributed by atoms with Gasteiger partial charge >= 0.3 is 24.4 Å². The Kier molecular flexibility index (Phi) is 9.04. The molecule has 0 spiro atoms. The van der Waals surface area contributed by atoms with Crippen LogP contribution < -0.4 is 4.74 Å². The smallest absolute Gasteiger partial charge is 0.416 e. The fourth-order valence-electron chi connectivity index (χ4n) is 6.10. The first-order valence-corrected chi connectivity index (χ1v) is 14.4. The molecule has 2 atom stereocenters. The first-order chi connectivity index (χ1) is 20.7. The van der Waals surface area contributed by atoms with E-state index in [0.717, 1.165) is 23.1 Å². The fourth-order valence-corrected chi connectivity index (χ4v) is 6.10. The van der Waals surface area contributed by atoms with Gasteiger partial charge in [-0.2, -0.15) is 26.3 Å². The number of rotatable bonds is 7. The van der Waals surface area contributed by atoms with Crippen molar-refractivity contribution in [3.05, 3.63) is 69.8 Å². The molecule has 2 aliphatic rings. The van der Waals surface area contributed by atoms with Crippen LogP contribution in [0, 0.1) is 5.41 Å². The summed E-state index contributed by atoms with van der Waals surface area (Å²) >= 11 is 0. The van der Waals surface area contributed by atoms with Crippen molar-refractivity contribution >= 4 is 17.6 Å². The number of benzene rings is 2. The van der Waals surface area contributed by atoms with E-state index in [-0.39, 0.29) is 18.0 Å². The molecule has 0 saturated carbocycles. The lowest BCUT2D eigenvalue weighted by atomic mass is 9.72. The van der Waals surface area contributed by atoms with Crippen molar-refractivity contribution in [2.45, 2.75) is 83.8 Å². The molecule has 2 aromatic rings. The van der Waals surface area contributed by atoms with E-state index in [0.29, 0.717) is 36.3 Å². The second-order valence-electron chi connectivity index (χ2n) is 13.0. The Morgan fingerprint density at radius 1 is 0.978 bits per heavy atom. The lowest BCUT2D eigenvalue weighted by Crippen LogP contribution is -2.35. The third-order valence-corrected chi connectivity index (χ3v) is 8.80. The van der Waals surface area contributed by atoms with Crippen molar-refractivity contribution in [3.63, 3.8) is 0 Å². The molecule has 0 aromatic heterocycles. The number of methoxy groups -OCH3 is 2. The largest absolute Gasteiger partial charge is 0.496 e. The molecule has 1 fully saturated rings. The summed E-state index contributed by atoms with van der Waals surface area (Å²) in [5.41, 5.74) is -1.35. The van der Waals surface area contributed by atoms with Crippen LogP contribution in [0.5, 0.6) is 5.75 Å². The van der Waals surface area contributed by atoms with Gasteiger partial charge in [0.15, 0.2) is 0 Å². The normalized spacial score (nSPS) is 20.7. The maximum atomic E-state index is 13.6. The molecule has 2 aromatic carbocycles. The average molecular weight is 642 g/mol. The summed E-state index contributed by atoms with van der Waals surface area (Å²) in [5, 5.41) is 0. The van der Waals surface area contributed by atoms with Gasteiger partial charge in [-0.05, 0) is 98.1 Å². The summed E-state index contributed by atoms with van der Waals surface area (Å²) in [7, 11) is 2.83. The molecule has 0 bridgehead atoms. The summed E-state index contributed by atoms with van der Waals surface area (Å²) in [6.45, 7) is 9.21. The third kappa shape index (κ3) is 6.94. The fraction of sp³-hybridized carbons (Fsp3) is 0.515. The predicted molar refractivity (Wildman–Crippen MR) is 154 cm³/mol. The van der Waals surface area contributed by atoms with Crippen molar-refractivity contribution in [1.82, 2.24) is 4.90 Å². The summed E-state index contributed by atoms with van der Waals surface area (Å²) in [5.74, 6) is 0.116. The number of alkyl halides is 6. The number of esters is 1. The van der Waals surface area contributed by atoms with Gasteiger partial charge in [-0.3, -0.25) is 9.69 Å². The highest BCUT2D eigenvalue weighted by Gasteiger charge is 2.44. The summed E-state index contributed by atoms with van der Waals surface area (Å²) < 4.78 is 97.5. The molecule has 4 rings (SSSR count). The van der Waals surface area contributed by atoms with E-state index in [1.807, 2.05) is 6.07 Å². The highest BCUT2D eigenvalue weighted by Crippen LogP contribution is 2.47. The van der Waals surface area contributed by atoms with Gasteiger partial charge in [-0.15, -0.1) is 0 Å². The molecule has 45 heavy (non-hydrogen) atoms. The number of ether oxygens (including phenoxy) is 3. The van der Waals surface area contributed by atoms with Gasteiger partial charge < -0.3 is 14.2 Å². The van der Waals surface area contributed by atoms with Crippen LogP contribution in [-0.4, -0.2) is 43.8 Å². The van der Waals surface area contributed by atoms with Crippen molar-refractivity contribution in [2.75, 3.05) is 20.8 Å². The Balaban J connectivity index is 1.77. The van der Waals surface area contributed by atoms with Gasteiger partial charge in [0.2, 0.25) is 0 Å². The second kappa shape index (κ2) is 11.9. The van der Waals surface area contributed by atoms with Gasteiger partial charge in [0, 0.05) is 12.1 Å². The number of allylic oxidation sites excluding steroid dienone is 1. The lowest BCUT2D eigenvalue weighted by molar-refractivity contribution is -0.146. The molecule has 1 saturated heterocycles. The topological polar surface area (TPSA) is 65.1 Å². The standard InChI is InChI=1S/C33H37F6NO5/c1-18-27(19-12-22(32(34,35)36)14-23(13-19)33(37,38)39)45-29(42)40(18)17-20-16-30(2,3)11-10-24(20)25-15-21(8-9-26(25)43-6)31(4,5)28(41)44-7/h8-9,12-15,18,27H,10-11,16-17H2,1-7H3/t18-,27-/m0/s1. The van der Waals surface area contributed by atoms with Crippen molar-refractivity contribution in [2.24, 2.45) is 5.41 Å². The van der Waals surface area contributed by atoms with E-state index in [9.17, 15) is 35.9 Å². The molecular formula is C33H37F6NO5. The summed E-state index contributed by atoms with van der Waals surface area (Å²) in [6, 6.07) is 5.76. The molecule has 1 aliphatic heterocycles. The van der Waals surface area contributed by atoms with Crippen LogP contribution in [0.3, 0.4) is 0 Å². The quantitative estimate of drug-likeness (QED) is 0.224. The minimum absolute atomic E-state index is 0.0358. The number of hydrogen-bond acceptors (Lipinski definition) is 5. The van der Waals surface area contributed by atoms with Crippen molar-refractivity contribution < 1.29 is 50.1 Å². The Labute approximate surface area is 258 Å². The number of nitrogens with zero attached hydrogens (tertiary/aromatic N) is 1. The molecule has 6 nitrogen and oxygen atoms in total. The number of amides is 1. The van der Waals surface area contributed by atoms with Crippen molar-refractivity contribution in [1.29, 1.82) is 0 Å². The van der Waals surface area contributed by atoms with E-state index in [4.69, 9.17) is 14.2 Å². The average Bonchev–Trinajstić information content (AvgIpc) is 3.23. The highest BCUT2D eigenvalue weighted by atomic mass is 19.4. The molecule has 1 heterocycles. The first-order valence-electron chi connectivity index (χ1n) is 14.4. The molecule has 0 unspecified atom stereocenters. The SMILES string of the molecule is COC(=O)C(C)(C)c1ccc(OC)c(C2=C(CN3C(=O)O[C@H](c4cc(C(F)(F)F)cc(C(F)(F)F)c4)[C@@H]3C)CC(C)(C)CC2)c1. The zero-order chi connectivity index (χ0) is 33.7. The van der Waals surface area contributed by atoms with Gasteiger partial charge in [-0.1, -0.05) is 19.9 Å². The van der Waals surface area contributed by atoms with E-state index in [2.05, 4.69) is 13.8 Å². The maximum Gasteiger partial charge on any atom is 0.416 e. The number of carbonyl (C=O) groups excluding carboxylic acids is 2. The van der Waals surface area contributed by atoms with Crippen LogP contribution >= 0.6 is 0 Å². The van der Waals surface area contributed by atoms with E-state index < -0.39 is 58.7 Å². The number of hydrogen-bond donors (Lipinski definition) is 0. The van der Waals surface area contributed by atoms with Gasteiger partial charge in [0.05, 0.1) is 36.8 Å². The minimum Gasteiger partial charge on any atom is -0.496 e. The number of halogens is 6. The second-order valence-corrected chi connectivity index (χ2v) is 13.0. The molecule has 1 aliphatic carbocycles. The van der Waals surface area contributed by atoms with Crippen LogP contribution in [0.25, 0.3) is 5.57 Å². The molecule has 246 valence electrons. The van der Waals surface area contributed by atoms with E-state index in [1.165, 1.54) is 26.0 Å². The third-order valence-electron chi connectivity index (χ3n) is 8.80. The van der Waals surface area contributed by atoms with Gasteiger partial charge in [0.1, 0.15) is 11.9 Å². The zero-order valence-electron chi connectivity index (χ0n) is 26.2. The Hall–Kier alpha value is -3.70. The highest BCUT2D eigenvalue weighted by molar-refractivity contribution is 5.84. The van der Waals surface area contributed by atoms with Gasteiger partial charge in [0.25, 0.3) is 0 Å². The first kappa shape index (κ1) is 34.2. The lowest BCUT2D eigenvalue weighted by Gasteiger charge is -2.36. The Morgan fingerprint density at radius 2 is 1.58 bits per heavy atom. The van der Waals surface area contributed by atoms with E-state index >= 15 is 0 Å². The molecule has 0 N–H and O–H groups in total. The van der Waals surface area contributed by atoms with Crippen LogP contribution in [0.15, 0.2) is 42.0 Å². The number of carbonyl (C=O) groups is 2. The molecule has 0 radical (unpaired) electrons. The van der Waals surface area contributed by atoms with Crippen molar-refractivity contribution in [3.8, 4) is 5.75 Å². The van der Waals surface area contributed by atoms with Crippen LogP contribution in [0.2, 0.25) is 0 Å². The molecule has 12 heteroatoms. The monoisotopic (exact) mass is 641 g/mol. The van der Waals surface area contributed by atoms with Gasteiger partial charge in [-0.25, -0.2) is 4.79 Å². The summed E-state index contributed by atoms with van der Waals surface area (Å²) in [4.78, 5) is 27.1.